The lowest BCUT2D eigenvalue weighted by Gasteiger charge is -2.04. The summed E-state index contributed by atoms with van der Waals surface area (Å²) in [6.45, 7) is 1.35. The minimum absolute atomic E-state index is 0.109. The zero-order chi connectivity index (χ0) is 8.43. The van der Waals surface area contributed by atoms with E-state index in [0.717, 1.165) is 11.8 Å². The Morgan fingerprint density at radius 1 is 1.73 bits per heavy atom. The summed E-state index contributed by atoms with van der Waals surface area (Å²) < 4.78 is 12.3. The number of imide groups is 1. The molecule has 0 aromatic rings. The van der Waals surface area contributed by atoms with Crippen LogP contribution in [-0.4, -0.2) is 22.6 Å². The maximum atomic E-state index is 12.3. The predicted octanol–water partition coefficient (Wildman–Crippen LogP) is 0.450. The van der Waals surface area contributed by atoms with E-state index in [9.17, 15) is 14.0 Å². The molecular formula is C6H8FNO2S. The molecule has 0 aliphatic carbocycles. The number of alkyl halides is 1. The third-order valence-electron chi connectivity index (χ3n) is 1.28. The third kappa shape index (κ3) is 2.18. The minimum Gasteiger partial charge on any atom is -0.295 e. The molecule has 0 radical (unpaired) electrons. The minimum atomic E-state index is -1.10. The molecule has 0 aromatic heterocycles. The molecule has 1 heterocycles. The molecule has 1 saturated heterocycles. The molecule has 0 bridgehead atoms. The summed E-state index contributed by atoms with van der Waals surface area (Å²) in [7, 11) is 0. The maximum Gasteiger partial charge on any atom is 0.240 e. The second-order valence-corrected chi connectivity index (χ2v) is 3.78. The number of hydrogen-bond donors (Lipinski definition) is 1. The number of carbonyl (C=O) groups is 2. The first-order valence-corrected chi connectivity index (χ1v) is 4.17. The molecule has 5 heteroatoms. The van der Waals surface area contributed by atoms with Crippen molar-refractivity contribution in [3.8, 4) is 0 Å². The molecule has 11 heavy (non-hydrogen) atoms. The van der Waals surface area contributed by atoms with Gasteiger partial charge in [0.2, 0.25) is 11.8 Å². The average Bonchev–Trinajstić information content (AvgIpc) is 2.09. The Balaban J connectivity index is 2.47. The van der Waals surface area contributed by atoms with Crippen molar-refractivity contribution in [3.63, 3.8) is 0 Å². The number of carbonyl (C=O) groups excluding carboxylic acids is 2. The van der Waals surface area contributed by atoms with E-state index in [1.165, 1.54) is 6.92 Å². The molecule has 1 N–H and O–H groups in total. The Hall–Kier alpha value is -0.580. The van der Waals surface area contributed by atoms with Gasteiger partial charge in [0, 0.05) is 6.42 Å². The highest BCUT2D eigenvalue weighted by Gasteiger charge is 2.32. The Morgan fingerprint density at radius 3 is 2.73 bits per heavy atom. The van der Waals surface area contributed by atoms with Crippen LogP contribution in [0.15, 0.2) is 0 Å². The van der Waals surface area contributed by atoms with E-state index >= 15 is 0 Å². The number of amides is 2. The predicted molar refractivity (Wildman–Crippen MR) is 39.7 cm³/mol. The first-order chi connectivity index (χ1) is 5.09. The van der Waals surface area contributed by atoms with Crippen molar-refractivity contribution < 1.29 is 14.0 Å². The van der Waals surface area contributed by atoms with Gasteiger partial charge in [-0.25, -0.2) is 4.39 Å². The summed E-state index contributed by atoms with van der Waals surface area (Å²) in [4.78, 5) is 21.4. The van der Waals surface area contributed by atoms with Crippen LogP contribution in [0.25, 0.3) is 0 Å². The number of nitrogens with one attached hydrogen (secondary N) is 1. The summed E-state index contributed by atoms with van der Waals surface area (Å²) in [5.41, 5.74) is -1.10. The highest BCUT2D eigenvalue weighted by Crippen LogP contribution is 2.24. The van der Waals surface area contributed by atoms with Gasteiger partial charge in [0.15, 0.2) is 0 Å². The molecule has 1 fully saturated rings. The zero-order valence-electron chi connectivity index (χ0n) is 5.96. The maximum absolute atomic E-state index is 12.3. The zero-order valence-corrected chi connectivity index (χ0v) is 6.78. The molecule has 0 aromatic carbocycles. The molecule has 2 atom stereocenters. The van der Waals surface area contributed by atoms with Gasteiger partial charge in [-0.3, -0.25) is 14.9 Å². The van der Waals surface area contributed by atoms with Crippen molar-refractivity contribution >= 4 is 23.6 Å². The fourth-order valence-electron chi connectivity index (χ4n) is 0.866. The highest BCUT2D eigenvalue weighted by molar-refractivity contribution is 8.01. The van der Waals surface area contributed by atoms with Crippen LogP contribution in [0.2, 0.25) is 0 Å². The third-order valence-corrected chi connectivity index (χ3v) is 2.36. The lowest BCUT2D eigenvalue weighted by molar-refractivity contribution is -0.124. The van der Waals surface area contributed by atoms with Crippen LogP contribution in [0.4, 0.5) is 4.39 Å². The van der Waals surface area contributed by atoms with Crippen LogP contribution in [0.3, 0.4) is 0 Å². The monoisotopic (exact) mass is 176 g/mol. The second kappa shape index (κ2) is 3.21. The molecule has 0 saturated carbocycles. The van der Waals surface area contributed by atoms with Crippen LogP contribution in [0.1, 0.15) is 13.3 Å². The van der Waals surface area contributed by atoms with Gasteiger partial charge < -0.3 is 0 Å². The molecule has 1 aliphatic rings. The number of rotatable bonds is 2. The van der Waals surface area contributed by atoms with Crippen molar-refractivity contribution in [2.75, 3.05) is 0 Å². The Kier molecular flexibility index (Phi) is 2.49. The molecule has 1 aliphatic heterocycles. The summed E-state index contributed by atoms with van der Waals surface area (Å²) in [6, 6.07) is 0. The van der Waals surface area contributed by atoms with Crippen molar-refractivity contribution in [1.82, 2.24) is 5.32 Å². The van der Waals surface area contributed by atoms with Gasteiger partial charge in [0.05, 0.1) is 5.25 Å². The van der Waals surface area contributed by atoms with Gasteiger partial charge >= 0.3 is 0 Å². The van der Waals surface area contributed by atoms with E-state index in [1.54, 1.807) is 0 Å². The molecular weight excluding hydrogens is 168 g/mol. The van der Waals surface area contributed by atoms with E-state index in [1.807, 2.05) is 0 Å². The lowest BCUT2D eigenvalue weighted by Crippen LogP contribution is -2.23. The Bertz CT molecular complexity index is 195. The molecule has 2 amide bonds. The molecule has 1 rings (SSSR count). The molecule has 0 spiro atoms. The molecule has 3 nitrogen and oxygen atoms in total. The van der Waals surface area contributed by atoms with Crippen LogP contribution in [0.5, 0.6) is 0 Å². The van der Waals surface area contributed by atoms with Gasteiger partial charge in [0.1, 0.15) is 5.50 Å². The number of halogens is 1. The van der Waals surface area contributed by atoms with Gasteiger partial charge in [-0.05, 0) is 6.92 Å². The van der Waals surface area contributed by atoms with Gasteiger partial charge in [0.25, 0.3) is 0 Å². The Labute approximate surface area is 67.7 Å². The highest BCUT2D eigenvalue weighted by atomic mass is 32.2. The van der Waals surface area contributed by atoms with E-state index in [2.05, 4.69) is 5.32 Å². The summed E-state index contributed by atoms with van der Waals surface area (Å²) in [6.07, 6.45) is 0.109. The van der Waals surface area contributed by atoms with Crippen molar-refractivity contribution in [3.05, 3.63) is 0 Å². The number of thioether (sulfide) groups is 1. The van der Waals surface area contributed by atoms with Crippen molar-refractivity contribution in [2.24, 2.45) is 0 Å². The van der Waals surface area contributed by atoms with Crippen LogP contribution in [0, 0.1) is 0 Å². The fraction of sp³-hybridized carbons (Fsp3) is 0.667. The van der Waals surface area contributed by atoms with E-state index < -0.39 is 10.8 Å². The van der Waals surface area contributed by atoms with Crippen LogP contribution >= 0.6 is 11.8 Å². The van der Waals surface area contributed by atoms with Crippen LogP contribution < -0.4 is 5.32 Å². The SMILES string of the molecule is CC([18F])SC1CC(=O)NC1=O. The first-order valence-electron chi connectivity index (χ1n) is 3.23. The van der Waals surface area contributed by atoms with Gasteiger partial charge in [-0.2, -0.15) is 0 Å². The second-order valence-electron chi connectivity index (χ2n) is 2.28. The normalized spacial score (nSPS) is 26.9. The summed E-state index contributed by atoms with van der Waals surface area (Å²) in [5.74, 6) is -0.683. The summed E-state index contributed by atoms with van der Waals surface area (Å²) in [5, 5.41) is 1.58. The first kappa shape index (κ1) is 8.52. The van der Waals surface area contributed by atoms with Crippen LogP contribution in [-0.2, 0) is 9.59 Å². The van der Waals surface area contributed by atoms with E-state index in [-0.39, 0.29) is 18.2 Å². The summed E-state index contributed by atoms with van der Waals surface area (Å²) >= 11 is 0.874. The Morgan fingerprint density at radius 2 is 2.36 bits per heavy atom. The largest absolute Gasteiger partial charge is 0.295 e. The van der Waals surface area contributed by atoms with Crippen molar-refractivity contribution in [2.45, 2.75) is 24.1 Å². The van der Waals surface area contributed by atoms with E-state index in [4.69, 9.17) is 0 Å². The molecule has 2 unspecified atom stereocenters. The van der Waals surface area contributed by atoms with E-state index in [0.29, 0.717) is 0 Å². The van der Waals surface area contributed by atoms with Gasteiger partial charge in [-0.1, -0.05) is 0 Å². The topological polar surface area (TPSA) is 46.2 Å². The quantitative estimate of drug-likeness (QED) is 0.621. The molecule has 62 valence electrons. The number of hydrogen-bond acceptors (Lipinski definition) is 3. The average molecular weight is 176 g/mol. The fourth-order valence-corrected chi connectivity index (χ4v) is 1.75. The van der Waals surface area contributed by atoms with Gasteiger partial charge in [-0.15, -0.1) is 11.8 Å². The lowest BCUT2D eigenvalue weighted by atomic mass is 10.4. The standard InChI is InChI=1S/C6H8FNO2S/c1-3(7)11-4-2-5(9)8-6(4)10/h3-4H,2H2,1H3,(H,8,9,10)/i7-1. The smallest absolute Gasteiger partial charge is 0.240 e. The van der Waals surface area contributed by atoms with Crippen molar-refractivity contribution in [1.29, 1.82) is 0 Å².